The van der Waals surface area contributed by atoms with E-state index in [1.807, 2.05) is 25.3 Å². The molecule has 0 aliphatic carbocycles. The van der Waals surface area contributed by atoms with Gasteiger partial charge >= 0.3 is 0 Å². The van der Waals surface area contributed by atoms with Crippen LogP contribution in [0, 0.1) is 5.92 Å². The number of hydrogen-bond acceptors (Lipinski definition) is 2. The summed E-state index contributed by atoms with van der Waals surface area (Å²) in [4.78, 5) is 2.39. The predicted octanol–water partition coefficient (Wildman–Crippen LogP) is 10.7. The topological polar surface area (TPSA) is 15.3 Å². The normalized spacial score (nSPS) is 20.3. The Kier molecular flexibility index (Phi) is 13.9. The Bertz CT molecular complexity index is 1170. The standard InChI is InChI=1S/C37H50N2/c1-9-14-15-18-23-31(12-4)36-28-33(24-25-37(36)38-8)32(13-5)27-35-29(6)22-17-16-19-26-39(30(35)7)34(20-10-2)21-11-3/h10-13,16,19-21,23-25,27-29,38H,2,4-5,9,14-15,17-18,22,26H2,1,3,6-8H3/b19-16-,21-11-,31-23+,32-27+,34-20+,35-30-. The second-order valence-electron chi connectivity index (χ2n) is 10.1. The Morgan fingerprint density at radius 1 is 1.10 bits per heavy atom. The van der Waals surface area contributed by atoms with Crippen LogP contribution in [-0.4, -0.2) is 18.5 Å². The van der Waals surface area contributed by atoms with E-state index in [-0.39, 0.29) is 0 Å². The van der Waals surface area contributed by atoms with Gasteiger partial charge in [-0.15, -0.1) is 0 Å². The van der Waals surface area contributed by atoms with E-state index in [0.717, 1.165) is 48.3 Å². The maximum absolute atomic E-state index is 4.23. The fraction of sp³-hybridized carbons (Fsp3) is 0.351. The van der Waals surface area contributed by atoms with Crippen molar-refractivity contribution in [3.05, 3.63) is 127 Å². The lowest BCUT2D eigenvalue weighted by atomic mass is 9.89. The van der Waals surface area contributed by atoms with Crippen LogP contribution in [0.3, 0.4) is 0 Å². The summed E-state index contributed by atoms with van der Waals surface area (Å²) >= 11 is 0. The highest BCUT2D eigenvalue weighted by atomic mass is 15.1. The molecule has 1 aromatic carbocycles. The van der Waals surface area contributed by atoms with Gasteiger partial charge < -0.3 is 10.2 Å². The van der Waals surface area contributed by atoms with Gasteiger partial charge in [-0.1, -0.05) is 95.0 Å². The molecule has 1 unspecified atom stereocenters. The third-order valence-corrected chi connectivity index (χ3v) is 7.37. The Morgan fingerprint density at radius 2 is 1.87 bits per heavy atom. The summed E-state index contributed by atoms with van der Waals surface area (Å²) in [5.41, 5.74) is 9.49. The molecule has 208 valence electrons. The molecule has 1 aliphatic rings. The van der Waals surface area contributed by atoms with Crippen LogP contribution < -0.4 is 5.32 Å². The summed E-state index contributed by atoms with van der Waals surface area (Å²) in [6.45, 7) is 22.0. The van der Waals surface area contributed by atoms with Crippen molar-refractivity contribution in [2.45, 2.75) is 66.2 Å². The van der Waals surface area contributed by atoms with Crippen molar-refractivity contribution in [2.75, 3.05) is 18.9 Å². The maximum atomic E-state index is 4.23. The van der Waals surface area contributed by atoms with Gasteiger partial charge in [0.2, 0.25) is 0 Å². The molecule has 0 spiro atoms. The molecule has 0 radical (unpaired) electrons. The van der Waals surface area contributed by atoms with Gasteiger partial charge in [-0.25, -0.2) is 0 Å². The van der Waals surface area contributed by atoms with Crippen LogP contribution in [0.25, 0.3) is 11.1 Å². The van der Waals surface area contributed by atoms with Crippen molar-refractivity contribution in [2.24, 2.45) is 5.92 Å². The Balaban J connectivity index is 2.68. The van der Waals surface area contributed by atoms with Gasteiger partial charge in [0.25, 0.3) is 0 Å². The third kappa shape index (κ3) is 9.03. The lowest BCUT2D eigenvalue weighted by Gasteiger charge is -2.29. The molecule has 0 amide bonds. The first kappa shape index (κ1) is 31.7. The molecule has 0 saturated carbocycles. The van der Waals surface area contributed by atoms with E-state index >= 15 is 0 Å². The van der Waals surface area contributed by atoms with Gasteiger partial charge in [-0.3, -0.25) is 0 Å². The Morgan fingerprint density at radius 3 is 2.51 bits per heavy atom. The van der Waals surface area contributed by atoms with E-state index in [9.17, 15) is 0 Å². The summed E-state index contributed by atoms with van der Waals surface area (Å²) in [6.07, 6.45) is 28.4. The highest BCUT2D eigenvalue weighted by Crippen LogP contribution is 2.33. The average Bonchev–Trinajstić information content (AvgIpc) is 3.01. The molecule has 1 aromatic rings. The van der Waals surface area contributed by atoms with Crippen molar-refractivity contribution < 1.29 is 0 Å². The smallest absolute Gasteiger partial charge is 0.0417 e. The number of nitrogens with one attached hydrogen (secondary N) is 1. The summed E-state index contributed by atoms with van der Waals surface area (Å²) in [5.74, 6) is 0.402. The zero-order valence-corrected chi connectivity index (χ0v) is 25.1. The number of nitrogens with zero attached hydrogens (tertiary/aromatic N) is 1. The molecule has 0 bridgehead atoms. The molecular weight excluding hydrogens is 472 g/mol. The summed E-state index contributed by atoms with van der Waals surface area (Å²) in [7, 11) is 1.98. The van der Waals surface area contributed by atoms with E-state index in [0.29, 0.717) is 5.92 Å². The van der Waals surface area contributed by atoms with E-state index in [1.165, 1.54) is 41.7 Å². The number of rotatable bonds is 13. The first-order valence-electron chi connectivity index (χ1n) is 14.5. The number of unbranched alkanes of at least 4 members (excludes halogenated alkanes) is 3. The molecule has 0 saturated heterocycles. The largest absolute Gasteiger partial charge is 0.388 e. The number of benzene rings is 1. The van der Waals surface area contributed by atoms with E-state index in [4.69, 9.17) is 0 Å². The van der Waals surface area contributed by atoms with Crippen LogP contribution in [0.4, 0.5) is 5.69 Å². The van der Waals surface area contributed by atoms with Crippen LogP contribution in [0.2, 0.25) is 0 Å². The second kappa shape index (κ2) is 17.1. The van der Waals surface area contributed by atoms with Gasteiger partial charge in [-0.05, 0) is 98.1 Å². The first-order chi connectivity index (χ1) is 18.9. The van der Waals surface area contributed by atoms with Crippen molar-refractivity contribution in [1.29, 1.82) is 0 Å². The molecule has 1 N–H and O–H groups in total. The lowest BCUT2D eigenvalue weighted by Crippen LogP contribution is -2.22. The fourth-order valence-corrected chi connectivity index (χ4v) is 5.09. The van der Waals surface area contributed by atoms with Crippen molar-refractivity contribution >= 4 is 16.8 Å². The molecule has 1 atom stereocenters. The molecule has 2 rings (SSSR count). The van der Waals surface area contributed by atoms with Gasteiger partial charge in [0.15, 0.2) is 0 Å². The van der Waals surface area contributed by atoms with E-state index in [1.54, 1.807) is 0 Å². The summed E-state index contributed by atoms with van der Waals surface area (Å²) in [5, 5.41) is 3.38. The Hall–Kier alpha value is -3.52. The quantitative estimate of drug-likeness (QED) is 0.157. The van der Waals surface area contributed by atoms with E-state index < -0.39 is 0 Å². The number of hydrogen-bond donors (Lipinski definition) is 1. The van der Waals surface area contributed by atoms with Gasteiger partial charge in [-0.2, -0.15) is 0 Å². The van der Waals surface area contributed by atoms with Crippen LogP contribution in [0.5, 0.6) is 0 Å². The third-order valence-electron chi connectivity index (χ3n) is 7.37. The fourth-order valence-electron chi connectivity index (χ4n) is 5.09. The number of anilines is 1. The molecule has 2 heteroatoms. The minimum Gasteiger partial charge on any atom is -0.388 e. The Labute approximate surface area is 239 Å². The summed E-state index contributed by atoms with van der Waals surface area (Å²) < 4.78 is 0. The highest BCUT2D eigenvalue weighted by Gasteiger charge is 2.18. The average molecular weight is 523 g/mol. The summed E-state index contributed by atoms with van der Waals surface area (Å²) in [6, 6.07) is 6.65. The zero-order chi connectivity index (χ0) is 28.6. The molecular formula is C37H50N2. The minimum atomic E-state index is 0.402. The van der Waals surface area contributed by atoms with Crippen LogP contribution in [-0.2, 0) is 0 Å². The van der Waals surface area contributed by atoms with Crippen LogP contribution in [0.1, 0.15) is 77.3 Å². The predicted molar refractivity (Wildman–Crippen MR) is 177 cm³/mol. The number of allylic oxidation sites excluding steroid dienone is 13. The van der Waals surface area contributed by atoms with Crippen molar-refractivity contribution in [3.8, 4) is 0 Å². The van der Waals surface area contributed by atoms with E-state index in [2.05, 4.69) is 118 Å². The van der Waals surface area contributed by atoms with Crippen molar-refractivity contribution in [3.63, 3.8) is 0 Å². The van der Waals surface area contributed by atoms with Gasteiger partial charge in [0.1, 0.15) is 0 Å². The van der Waals surface area contributed by atoms with Crippen LogP contribution >= 0.6 is 0 Å². The molecule has 0 aromatic heterocycles. The monoisotopic (exact) mass is 522 g/mol. The molecule has 1 aliphatic heterocycles. The zero-order valence-electron chi connectivity index (χ0n) is 25.1. The SMILES string of the molecule is C=C/C=C(\C=C/C)N1C/C=C\CCC(C)C(/C=C(\C=C)c2ccc(NC)c(/C(C=C)=C/CCCCC)c2)=C\1C. The second-order valence-corrected chi connectivity index (χ2v) is 10.1. The molecule has 39 heavy (non-hydrogen) atoms. The van der Waals surface area contributed by atoms with Crippen molar-refractivity contribution in [1.82, 2.24) is 4.90 Å². The van der Waals surface area contributed by atoms with Crippen LogP contribution in [0.15, 0.2) is 116 Å². The van der Waals surface area contributed by atoms with Gasteiger partial charge in [0, 0.05) is 36.2 Å². The lowest BCUT2D eigenvalue weighted by molar-refractivity contribution is 0.474. The maximum Gasteiger partial charge on any atom is 0.0417 e. The minimum absolute atomic E-state index is 0.402. The molecule has 0 fully saturated rings. The highest BCUT2D eigenvalue weighted by molar-refractivity contribution is 5.86. The van der Waals surface area contributed by atoms with Gasteiger partial charge in [0.05, 0.1) is 0 Å². The molecule has 2 nitrogen and oxygen atoms in total. The first-order valence-corrected chi connectivity index (χ1v) is 14.5. The molecule has 1 heterocycles.